The van der Waals surface area contributed by atoms with Crippen LogP contribution in [-0.4, -0.2) is 11.2 Å². The molecule has 6 heteroatoms. The summed E-state index contributed by atoms with van der Waals surface area (Å²) in [6.45, 7) is 2.61. The van der Waals surface area contributed by atoms with Gasteiger partial charge >= 0.3 is 0 Å². The Morgan fingerprint density at radius 3 is 2.63 bits per heavy atom. The number of fused-ring (bicyclic) bond motifs is 3. The number of hydrogen-bond acceptors (Lipinski definition) is 4. The molecule has 35 heavy (non-hydrogen) atoms. The molecule has 0 saturated carbocycles. The Hall–Kier alpha value is -2.97. The molecule has 0 unspecified atom stereocenters. The predicted octanol–water partition coefficient (Wildman–Crippen LogP) is 5.32. The number of hydrogen-bond donors (Lipinski definition) is 0. The first-order chi connectivity index (χ1) is 17.1. The van der Waals surface area contributed by atoms with Crippen LogP contribution in [0.3, 0.4) is 0 Å². The third-order valence-corrected chi connectivity index (χ3v) is 8.54. The fourth-order valence-electron chi connectivity index (χ4n) is 4.97. The van der Waals surface area contributed by atoms with E-state index in [0.29, 0.717) is 11.1 Å². The van der Waals surface area contributed by atoms with Crippen LogP contribution in [-0.2, 0) is 6.42 Å². The summed E-state index contributed by atoms with van der Waals surface area (Å²) >= 11 is 3.79. The maximum atomic E-state index is 13.8. The summed E-state index contributed by atoms with van der Waals surface area (Å²) in [7, 11) is 0. The Bertz CT molecular complexity index is 1650. The Labute approximate surface area is 221 Å². The van der Waals surface area contributed by atoms with E-state index < -0.39 is 0 Å². The molecule has 1 atom stereocenters. The van der Waals surface area contributed by atoms with Crippen molar-refractivity contribution in [3.05, 3.63) is 124 Å². The summed E-state index contributed by atoms with van der Waals surface area (Å²) in [5, 5.41) is 0. The Balaban J connectivity index is 1.60. The van der Waals surface area contributed by atoms with E-state index in [0.717, 1.165) is 43.8 Å². The van der Waals surface area contributed by atoms with Crippen LogP contribution in [0.1, 0.15) is 41.6 Å². The molecule has 0 amide bonds. The summed E-state index contributed by atoms with van der Waals surface area (Å²) in [5.74, 6) is 0.838. The van der Waals surface area contributed by atoms with E-state index in [1.54, 1.807) is 0 Å². The van der Waals surface area contributed by atoms with E-state index in [1.165, 1.54) is 28.0 Å². The van der Waals surface area contributed by atoms with Gasteiger partial charge in [0, 0.05) is 9.13 Å². The molecule has 0 saturated heterocycles. The van der Waals surface area contributed by atoms with Crippen LogP contribution >= 0.6 is 33.9 Å². The average molecular weight is 590 g/mol. The van der Waals surface area contributed by atoms with Crippen LogP contribution in [0.15, 0.2) is 88.2 Å². The van der Waals surface area contributed by atoms with E-state index in [2.05, 4.69) is 65.1 Å². The molecule has 174 valence electrons. The van der Waals surface area contributed by atoms with Crippen LogP contribution in [0.5, 0.6) is 5.75 Å². The summed E-state index contributed by atoms with van der Waals surface area (Å²) in [6.07, 6.45) is 3.83. The first-order valence-electron chi connectivity index (χ1n) is 11.7. The van der Waals surface area contributed by atoms with Crippen molar-refractivity contribution >= 4 is 45.7 Å². The van der Waals surface area contributed by atoms with E-state index >= 15 is 0 Å². The fraction of sp³-hybridized carbons (Fsp3) is 0.172. The average Bonchev–Trinajstić information content (AvgIpc) is 3.19. The highest BCUT2D eigenvalue weighted by atomic mass is 127. The monoisotopic (exact) mass is 590 g/mol. The molecule has 2 aliphatic rings. The quantitative estimate of drug-likeness (QED) is 0.302. The third kappa shape index (κ3) is 3.98. The first-order valence-corrected chi connectivity index (χ1v) is 13.6. The van der Waals surface area contributed by atoms with Crippen molar-refractivity contribution in [2.75, 3.05) is 6.61 Å². The number of rotatable bonds is 4. The zero-order valence-electron chi connectivity index (χ0n) is 19.2. The Morgan fingerprint density at radius 2 is 1.83 bits per heavy atom. The van der Waals surface area contributed by atoms with Crippen LogP contribution in [0.2, 0.25) is 0 Å². The number of aromatic nitrogens is 1. The molecule has 0 bridgehead atoms. The van der Waals surface area contributed by atoms with Crippen molar-refractivity contribution in [2.45, 2.75) is 25.8 Å². The van der Waals surface area contributed by atoms with Gasteiger partial charge < -0.3 is 4.74 Å². The van der Waals surface area contributed by atoms with Crippen LogP contribution in [0.25, 0.3) is 11.8 Å². The lowest BCUT2D eigenvalue weighted by molar-refractivity contribution is 0.340. The molecule has 3 aromatic carbocycles. The largest absolute Gasteiger partial charge is 0.494 e. The molecular weight excluding hydrogens is 567 g/mol. The molecule has 6 rings (SSSR count). The lowest BCUT2D eigenvalue weighted by Crippen LogP contribution is -2.38. The van der Waals surface area contributed by atoms with Gasteiger partial charge in [-0.25, -0.2) is 4.99 Å². The molecule has 4 aromatic rings. The molecule has 0 radical (unpaired) electrons. The van der Waals surface area contributed by atoms with E-state index in [4.69, 9.17) is 9.73 Å². The van der Waals surface area contributed by atoms with Crippen LogP contribution in [0.4, 0.5) is 0 Å². The van der Waals surface area contributed by atoms with Gasteiger partial charge in [0.05, 0.1) is 22.9 Å². The number of benzene rings is 3. The highest BCUT2D eigenvalue weighted by molar-refractivity contribution is 14.1. The Morgan fingerprint density at radius 1 is 1.06 bits per heavy atom. The number of halogens is 1. The summed E-state index contributed by atoms with van der Waals surface area (Å²) in [4.78, 5) is 19.7. The summed E-state index contributed by atoms with van der Waals surface area (Å²) < 4.78 is 9.39. The van der Waals surface area contributed by atoms with Gasteiger partial charge in [-0.15, -0.1) is 0 Å². The molecule has 1 aliphatic heterocycles. The topological polar surface area (TPSA) is 43.6 Å². The second kappa shape index (κ2) is 9.24. The number of nitrogens with zero attached hydrogens (tertiary/aromatic N) is 2. The van der Waals surface area contributed by atoms with Crippen molar-refractivity contribution in [1.82, 2.24) is 4.57 Å². The van der Waals surface area contributed by atoms with Gasteiger partial charge in [0.1, 0.15) is 5.75 Å². The molecule has 2 heterocycles. The lowest BCUT2D eigenvalue weighted by atomic mass is 9.83. The zero-order valence-corrected chi connectivity index (χ0v) is 22.2. The van der Waals surface area contributed by atoms with Crippen LogP contribution in [0, 0.1) is 3.57 Å². The number of aryl methyl sites for hydroxylation is 1. The summed E-state index contributed by atoms with van der Waals surface area (Å²) in [5.41, 5.74) is 6.87. The molecule has 1 aliphatic carbocycles. The molecule has 0 spiro atoms. The maximum Gasteiger partial charge on any atom is 0.271 e. The highest BCUT2D eigenvalue weighted by Gasteiger charge is 2.32. The van der Waals surface area contributed by atoms with Gasteiger partial charge in [-0.3, -0.25) is 9.36 Å². The lowest BCUT2D eigenvalue weighted by Gasteiger charge is -2.30. The first kappa shape index (κ1) is 22.5. The van der Waals surface area contributed by atoms with Crippen molar-refractivity contribution in [1.29, 1.82) is 0 Å². The molecule has 1 aromatic heterocycles. The van der Waals surface area contributed by atoms with Gasteiger partial charge in [0.15, 0.2) is 4.80 Å². The minimum Gasteiger partial charge on any atom is -0.494 e. The van der Waals surface area contributed by atoms with Crippen LogP contribution < -0.4 is 19.6 Å². The van der Waals surface area contributed by atoms with Crippen molar-refractivity contribution < 1.29 is 4.74 Å². The van der Waals surface area contributed by atoms with Gasteiger partial charge in [-0.2, -0.15) is 0 Å². The number of allylic oxidation sites excluding steroid dienone is 1. The highest BCUT2D eigenvalue weighted by Crippen LogP contribution is 2.41. The fourth-order valence-corrected chi connectivity index (χ4v) is 6.50. The smallest absolute Gasteiger partial charge is 0.271 e. The number of thiazole rings is 1. The third-order valence-electron chi connectivity index (χ3n) is 6.57. The minimum atomic E-state index is -0.178. The SMILES string of the molecule is CCOc1ccc([C@H]2C3=C(N=c4sc(=Cc5ccccc5I)c(=O)n42)c2ccccc2CC3)cc1. The number of ether oxygens (including phenoxy) is 1. The second-order valence-electron chi connectivity index (χ2n) is 8.64. The van der Waals surface area contributed by atoms with Crippen molar-refractivity contribution in [3.8, 4) is 5.75 Å². The second-order valence-corrected chi connectivity index (χ2v) is 10.8. The molecular formula is C29H23IN2O2S. The van der Waals surface area contributed by atoms with Gasteiger partial charge in [-0.1, -0.05) is 65.9 Å². The van der Waals surface area contributed by atoms with Gasteiger partial charge in [0.2, 0.25) is 0 Å². The Kier molecular flexibility index (Phi) is 5.94. The predicted molar refractivity (Wildman–Crippen MR) is 150 cm³/mol. The van der Waals surface area contributed by atoms with E-state index in [1.807, 2.05) is 47.9 Å². The van der Waals surface area contributed by atoms with Crippen molar-refractivity contribution in [2.24, 2.45) is 4.99 Å². The maximum absolute atomic E-state index is 13.8. The molecule has 0 fully saturated rings. The van der Waals surface area contributed by atoms with E-state index in [-0.39, 0.29) is 11.6 Å². The standard InChI is InChI=1S/C29H23IN2O2S/c1-2-34-21-14-11-19(12-15-21)27-23-16-13-18-7-3-5-9-22(18)26(23)31-29-32(27)28(33)25(35-29)17-20-8-4-6-10-24(20)30/h3-12,14-15,17,27H,2,13,16H2,1H3/t27-/m0/s1. The minimum absolute atomic E-state index is 0.0118. The molecule has 4 nitrogen and oxygen atoms in total. The molecule has 0 N–H and O–H groups in total. The van der Waals surface area contributed by atoms with Gasteiger partial charge in [-0.05, 0) is 88.9 Å². The van der Waals surface area contributed by atoms with Gasteiger partial charge in [0.25, 0.3) is 5.56 Å². The zero-order chi connectivity index (χ0) is 23.9. The normalized spacial score (nSPS) is 16.9. The summed E-state index contributed by atoms with van der Waals surface area (Å²) in [6, 6.07) is 24.6. The van der Waals surface area contributed by atoms with Crippen molar-refractivity contribution in [3.63, 3.8) is 0 Å². The van der Waals surface area contributed by atoms with E-state index in [9.17, 15) is 4.79 Å².